The number of rotatable bonds is 8. The fraction of sp³-hybridized carbons (Fsp3) is 0.467. The van der Waals surface area contributed by atoms with Gasteiger partial charge < -0.3 is 29.5 Å². The minimum atomic E-state index is -1.52. The summed E-state index contributed by atoms with van der Waals surface area (Å²) in [6.07, 6.45) is -3.41. The maximum absolute atomic E-state index is 11.4. The zero-order valence-electron chi connectivity index (χ0n) is 13.1. The van der Waals surface area contributed by atoms with Crippen molar-refractivity contribution < 1.29 is 39.1 Å². The summed E-state index contributed by atoms with van der Waals surface area (Å²) >= 11 is 0. The van der Waals surface area contributed by atoms with E-state index in [-0.39, 0.29) is 29.2 Å². The van der Waals surface area contributed by atoms with E-state index in [1.807, 2.05) is 0 Å². The number of carboxylic acid groups (broad SMARTS) is 1. The predicted octanol–water partition coefficient (Wildman–Crippen LogP) is 0.749. The highest BCUT2D eigenvalue weighted by Crippen LogP contribution is 2.37. The summed E-state index contributed by atoms with van der Waals surface area (Å²) in [6, 6.07) is 2.39. The van der Waals surface area contributed by atoms with Crippen LogP contribution >= 0.6 is 0 Å². The van der Waals surface area contributed by atoms with Crippen molar-refractivity contribution in [3.63, 3.8) is 0 Å². The number of methoxy groups -OCH3 is 2. The molecule has 0 aliphatic carbocycles. The Morgan fingerprint density at radius 3 is 2.04 bits per heavy atom. The van der Waals surface area contributed by atoms with Crippen molar-refractivity contribution in [2.45, 2.75) is 25.6 Å². The first kappa shape index (κ1) is 18.7. The van der Waals surface area contributed by atoms with Gasteiger partial charge in [0.25, 0.3) is 0 Å². The molecule has 0 saturated carbocycles. The predicted molar refractivity (Wildman–Crippen MR) is 78.7 cm³/mol. The molecule has 1 rings (SSSR count). The van der Waals surface area contributed by atoms with E-state index in [1.54, 1.807) is 6.92 Å². The Bertz CT molecular complexity index is 544. The molecule has 0 aliphatic heterocycles. The third-order valence-corrected chi connectivity index (χ3v) is 3.13. The number of carboxylic acids is 1. The van der Waals surface area contributed by atoms with Crippen LogP contribution in [-0.2, 0) is 9.53 Å². The van der Waals surface area contributed by atoms with E-state index in [4.69, 9.17) is 19.3 Å². The lowest BCUT2D eigenvalue weighted by molar-refractivity contribution is -0.147. The van der Waals surface area contributed by atoms with Gasteiger partial charge in [0, 0.05) is 0 Å². The molecule has 23 heavy (non-hydrogen) atoms. The second-order valence-electron chi connectivity index (χ2n) is 4.62. The van der Waals surface area contributed by atoms with Crippen LogP contribution in [0.1, 0.15) is 35.4 Å². The van der Waals surface area contributed by atoms with Gasteiger partial charge in [0.15, 0.2) is 0 Å². The lowest BCUT2D eigenvalue weighted by atomic mass is 9.98. The topological polar surface area (TPSA) is 123 Å². The molecule has 8 heteroatoms. The Kier molecular flexibility index (Phi) is 6.80. The van der Waals surface area contributed by atoms with E-state index in [2.05, 4.69) is 0 Å². The van der Waals surface area contributed by atoms with Crippen LogP contribution in [0.5, 0.6) is 11.5 Å². The quantitative estimate of drug-likeness (QED) is 0.597. The first-order valence-corrected chi connectivity index (χ1v) is 6.86. The molecule has 0 spiro atoms. The summed E-state index contributed by atoms with van der Waals surface area (Å²) in [5, 5.41) is 29.4. The Labute approximate surface area is 133 Å². The summed E-state index contributed by atoms with van der Waals surface area (Å²) in [5.41, 5.74) is -0.0497. The van der Waals surface area contributed by atoms with Crippen LogP contribution in [0.2, 0.25) is 0 Å². The molecule has 1 aromatic carbocycles. The summed E-state index contributed by atoms with van der Waals surface area (Å²) < 4.78 is 14.9. The fourth-order valence-electron chi connectivity index (χ4n) is 2.05. The molecule has 0 bridgehead atoms. The second kappa shape index (κ2) is 8.35. The summed E-state index contributed by atoms with van der Waals surface area (Å²) in [7, 11) is 2.57. The monoisotopic (exact) mass is 328 g/mol. The average molecular weight is 328 g/mol. The van der Waals surface area contributed by atoms with Crippen LogP contribution < -0.4 is 9.47 Å². The molecule has 0 fully saturated rings. The number of hydrogen-bond donors (Lipinski definition) is 3. The van der Waals surface area contributed by atoms with E-state index in [1.165, 1.54) is 26.4 Å². The molecule has 0 heterocycles. The smallest absolute Gasteiger partial charge is 0.335 e. The van der Waals surface area contributed by atoms with Gasteiger partial charge in [0.1, 0.15) is 17.6 Å². The largest absolute Gasteiger partial charge is 0.496 e. The van der Waals surface area contributed by atoms with Crippen LogP contribution in [-0.4, -0.2) is 54.2 Å². The first-order chi connectivity index (χ1) is 10.8. The lowest BCUT2D eigenvalue weighted by Gasteiger charge is -2.22. The molecule has 2 atom stereocenters. The second-order valence-corrected chi connectivity index (χ2v) is 4.62. The normalized spacial score (nSPS) is 13.1. The molecule has 2 unspecified atom stereocenters. The molecule has 0 radical (unpaired) electrons. The van der Waals surface area contributed by atoms with Crippen LogP contribution in [0, 0.1) is 0 Å². The zero-order chi connectivity index (χ0) is 17.6. The summed E-state index contributed by atoms with van der Waals surface area (Å²) in [6.45, 7) is 1.78. The van der Waals surface area contributed by atoms with Crippen molar-refractivity contribution in [3.8, 4) is 11.5 Å². The first-order valence-electron chi connectivity index (χ1n) is 6.86. The highest BCUT2D eigenvalue weighted by Gasteiger charge is 2.29. The van der Waals surface area contributed by atoms with Crippen LogP contribution in [0.15, 0.2) is 12.1 Å². The fourth-order valence-corrected chi connectivity index (χ4v) is 2.05. The number of aromatic carboxylic acids is 1. The zero-order valence-corrected chi connectivity index (χ0v) is 13.1. The highest BCUT2D eigenvalue weighted by atomic mass is 16.5. The van der Waals surface area contributed by atoms with Crippen molar-refractivity contribution in [1.29, 1.82) is 0 Å². The molecular weight excluding hydrogens is 308 g/mol. The number of hydrogen-bond acceptors (Lipinski definition) is 7. The lowest BCUT2D eigenvalue weighted by Crippen LogP contribution is -2.24. The molecule has 3 N–H and O–H groups in total. The Balaban J connectivity index is 3.18. The van der Waals surface area contributed by atoms with Crippen LogP contribution in [0.3, 0.4) is 0 Å². The van der Waals surface area contributed by atoms with Crippen LogP contribution in [0.4, 0.5) is 0 Å². The van der Waals surface area contributed by atoms with Crippen molar-refractivity contribution in [3.05, 3.63) is 23.3 Å². The Hall–Kier alpha value is -2.32. The molecule has 8 nitrogen and oxygen atoms in total. The summed E-state index contributed by atoms with van der Waals surface area (Å²) in [5.74, 6) is -1.82. The minimum absolute atomic E-state index is 0.0251. The van der Waals surface area contributed by atoms with E-state index in [9.17, 15) is 19.8 Å². The van der Waals surface area contributed by atoms with Crippen molar-refractivity contribution >= 4 is 11.9 Å². The molecule has 1 aromatic rings. The SMILES string of the molecule is CCOC(=O)CC(O)C(O)c1c(OC)cc(C(=O)O)cc1OC. The van der Waals surface area contributed by atoms with Gasteiger partial charge in [0.2, 0.25) is 0 Å². The summed E-state index contributed by atoms with van der Waals surface area (Å²) in [4.78, 5) is 22.5. The maximum Gasteiger partial charge on any atom is 0.335 e. The third kappa shape index (κ3) is 4.57. The number of benzene rings is 1. The molecular formula is C15H20O8. The van der Waals surface area contributed by atoms with E-state index in [0.29, 0.717) is 0 Å². The van der Waals surface area contributed by atoms with Gasteiger partial charge in [-0.2, -0.15) is 0 Å². The van der Waals surface area contributed by atoms with Crippen LogP contribution in [0.25, 0.3) is 0 Å². The van der Waals surface area contributed by atoms with Gasteiger partial charge in [0.05, 0.1) is 44.5 Å². The maximum atomic E-state index is 11.4. The molecule has 0 aliphatic rings. The average Bonchev–Trinajstić information content (AvgIpc) is 2.52. The van der Waals surface area contributed by atoms with Gasteiger partial charge >= 0.3 is 11.9 Å². The molecule has 0 aromatic heterocycles. The number of esters is 1. The molecule has 128 valence electrons. The van der Waals surface area contributed by atoms with E-state index < -0.39 is 30.6 Å². The van der Waals surface area contributed by atoms with Gasteiger partial charge in [-0.25, -0.2) is 4.79 Å². The Morgan fingerprint density at radius 1 is 1.13 bits per heavy atom. The van der Waals surface area contributed by atoms with Gasteiger partial charge in [-0.3, -0.25) is 4.79 Å². The van der Waals surface area contributed by atoms with E-state index >= 15 is 0 Å². The van der Waals surface area contributed by atoms with Crippen molar-refractivity contribution in [1.82, 2.24) is 0 Å². The van der Waals surface area contributed by atoms with Gasteiger partial charge in [-0.15, -0.1) is 0 Å². The van der Waals surface area contributed by atoms with Gasteiger partial charge in [-0.05, 0) is 19.1 Å². The van der Waals surface area contributed by atoms with Crippen molar-refractivity contribution in [2.24, 2.45) is 0 Å². The van der Waals surface area contributed by atoms with Gasteiger partial charge in [-0.1, -0.05) is 0 Å². The Morgan fingerprint density at radius 2 is 1.65 bits per heavy atom. The third-order valence-electron chi connectivity index (χ3n) is 3.13. The molecule has 0 amide bonds. The number of aliphatic hydroxyl groups excluding tert-OH is 2. The number of carbonyl (C=O) groups is 2. The minimum Gasteiger partial charge on any atom is -0.496 e. The molecule has 0 saturated heterocycles. The number of aliphatic hydroxyl groups is 2. The van der Waals surface area contributed by atoms with Crippen molar-refractivity contribution in [2.75, 3.05) is 20.8 Å². The van der Waals surface area contributed by atoms with E-state index in [0.717, 1.165) is 0 Å². The number of ether oxygens (including phenoxy) is 3. The number of carbonyl (C=O) groups excluding carboxylic acids is 1. The highest BCUT2D eigenvalue weighted by molar-refractivity contribution is 5.89. The standard InChI is InChI=1S/C15H20O8/c1-4-23-12(17)7-9(16)14(18)13-10(21-2)5-8(15(19)20)6-11(13)22-3/h5-6,9,14,16,18H,4,7H2,1-3H3,(H,19,20).